The third-order valence-corrected chi connectivity index (χ3v) is 5.55. The van der Waals surface area contributed by atoms with Crippen LogP contribution >= 0.6 is 20.6 Å². The van der Waals surface area contributed by atoms with E-state index in [1.807, 2.05) is 48.5 Å². The van der Waals surface area contributed by atoms with Gasteiger partial charge in [0.15, 0.2) is 0 Å². The van der Waals surface area contributed by atoms with Gasteiger partial charge in [0.25, 0.3) is 5.56 Å². The van der Waals surface area contributed by atoms with Crippen LogP contribution in [0.5, 0.6) is 0 Å². The maximum atomic E-state index is 12.5. The van der Waals surface area contributed by atoms with Crippen molar-refractivity contribution in [1.29, 1.82) is 0 Å². The Morgan fingerprint density at radius 3 is 2.85 bits per heavy atom. The molecule has 0 radical (unpaired) electrons. The number of carbonyl (C=O) groups is 1. The van der Waals surface area contributed by atoms with Crippen LogP contribution in [0.15, 0.2) is 34.4 Å². The zero-order chi connectivity index (χ0) is 18.8. The average molecular weight is 388 g/mol. The Morgan fingerprint density at radius 2 is 2.12 bits per heavy atom. The minimum atomic E-state index is -0.128. The summed E-state index contributed by atoms with van der Waals surface area (Å²) in [5.74, 6) is 0.534. The van der Waals surface area contributed by atoms with Crippen LogP contribution in [0, 0.1) is 6.92 Å². The van der Waals surface area contributed by atoms with Gasteiger partial charge in [-0.15, -0.1) is 20.6 Å². The molecule has 0 bridgehead atoms. The van der Waals surface area contributed by atoms with Gasteiger partial charge in [-0.2, -0.15) is 0 Å². The predicted molar refractivity (Wildman–Crippen MR) is 111 cm³/mol. The molecule has 1 atom stereocenters. The normalized spacial score (nSPS) is 11.3. The topological polar surface area (TPSA) is 69.3 Å². The van der Waals surface area contributed by atoms with Crippen molar-refractivity contribution in [2.24, 2.45) is 0 Å². The van der Waals surface area contributed by atoms with Gasteiger partial charge in [0.1, 0.15) is 10.5 Å². The van der Waals surface area contributed by atoms with E-state index in [9.17, 15) is 9.59 Å². The smallest absolute Gasteiger partial charge is 0.268 e. The summed E-state index contributed by atoms with van der Waals surface area (Å²) in [5.41, 5.74) is 2.45. The first kappa shape index (κ1) is 18.7. The number of aryl methyl sites for hydroxylation is 1. The van der Waals surface area contributed by atoms with E-state index in [0.717, 1.165) is 22.1 Å². The number of thiophene rings is 1. The fourth-order valence-corrected chi connectivity index (χ4v) is 3.85. The molecule has 2 aromatic heterocycles. The van der Waals surface area contributed by atoms with Crippen LogP contribution in [-0.2, 0) is 11.3 Å². The van der Waals surface area contributed by atoms with E-state index in [2.05, 4.69) is 19.2 Å². The summed E-state index contributed by atoms with van der Waals surface area (Å²) in [4.78, 5) is 35.5. The Bertz CT molecular complexity index is 1010. The second kappa shape index (κ2) is 7.66. The minimum absolute atomic E-state index is 0.0294. The Labute approximate surface area is 158 Å². The van der Waals surface area contributed by atoms with Gasteiger partial charge in [0.2, 0.25) is 5.91 Å². The van der Waals surface area contributed by atoms with E-state index in [1.54, 1.807) is 11.9 Å². The number of fused-ring (bicyclic) bond motifs is 1. The van der Waals surface area contributed by atoms with Crippen molar-refractivity contribution in [1.82, 2.24) is 14.9 Å². The van der Waals surface area contributed by atoms with E-state index in [1.165, 1.54) is 11.3 Å². The van der Waals surface area contributed by atoms with Crippen molar-refractivity contribution < 1.29 is 4.79 Å². The molecule has 2 heterocycles. The highest BCUT2D eigenvalue weighted by molar-refractivity contribution is 7.27. The second-order valence-electron chi connectivity index (χ2n) is 6.33. The summed E-state index contributed by atoms with van der Waals surface area (Å²) in [6.45, 7) is 2.56. The molecule has 1 aromatic carbocycles. The van der Waals surface area contributed by atoms with Crippen LogP contribution in [0.3, 0.4) is 0 Å². The molecule has 0 spiro atoms. The lowest BCUT2D eigenvalue weighted by Crippen LogP contribution is -2.37. The van der Waals surface area contributed by atoms with Crippen LogP contribution in [0.2, 0.25) is 0 Å². The molecule has 3 rings (SSSR count). The van der Waals surface area contributed by atoms with Crippen molar-refractivity contribution in [2.45, 2.75) is 13.5 Å². The molecule has 136 valence electrons. The summed E-state index contributed by atoms with van der Waals surface area (Å²) in [5, 5.41) is 2.95. The molecule has 3 aromatic rings. The molecule has 0 aliphatic rings. The first-order valence-electron chi connectivity index (χ1n) is 8.13. The number of nitrogens with one attached hydrogen (secondary N) is 1. The van der Waals surface area contributed by atoms with Crippen LogP contribution < -0.4 is 15.8 Å². The van der Waals surface area contributed by atoms with Gasteiger partial charge in [-0.25, -0.2) is 4.98 Å². The highest BCUT2D eigenvalue weighted by Crippen LogP contribution is 2.20. The third-order valence-electron chi connectivity index (χ3n) is 4.11. The molecular weight excluding hydrogens is 367 g/mol. The van der Waals surface area contributed by atoms with E-state index >= 15 is 0 Å². The van der Waals surface area contributed by atoms with Gasteiger partial charge in [0.05, 0.1) is 18.6 Å². The minimum Gasteiger partial charge on any atom is -0.314 e. The summed E-state index contributed by atoms with van der Waals surface area (Å²) in [6, 6.07) is 7.72. The second-order valence-corrected chi connectivity index (χ2v) is 7.88. The first-order valence-corrected chi connectivity index (χ1v) is 9.58. The number of rotatable bonds is 5. The van der Waals surface area contributed by atoms with Crippen molar-refractivity contribution in [2.75, 3.05) is 25.5 Å². The van der Waals surface area contributed by atoms with Gasteiger partial charge in [-0.05, 0) is 42.4 Å². The summed E-state index contributed by atoms with van der Waals surface area (Å²) < 4.78 is 0.641. The fourth-order valence-electron chi connectivity index (χ4n) is 2.69. The molecule has 0 aliphatic carbocycles. The van der Waals surface area contributed by atoms with Crippen LogP contribution in [0.1, 0.15) is 11.4 Å². The standard InChI is InChI=1S/C18H21N4O2PS/c1-11-10-26-17-16(11)19-14(20-18(17)24)8-21(2)9-15(23)22(3)12-5-4-6-13(25)7-12/h4-7,10H,8-9,25H2,1-3H3,(H,19,20,24). The van der Waals surface area contributed by atoms with Crippen molar-refractivity contribution >= 4 is 47.7 Å². The van der Waals surface area contributed by atoms with Crippen LogP contribution in [0.4, 0.5) is 5.69 Å². The molecule has 8 heteroatoms. The number of benzene rings is 1. The van der Waals surface area contributed by atoms with Gasteiger partial charge in [-0.1, -0.05) is 12.1 Å². The number of hydrogen-bond donors (Lipinski definition) is 1. The van der Waals surface area contributed by atoms with Crippen LogP contribution in [0.25, 0.3) is 10.2 Å². The predicted octanol–water partition coefficient (Wildman–Crippen LogP) is 1.89. The van der Waals surface area contributed by atoms with Gasteiger partial charge >= 0.3 is 0 Å². The van der Waals surface area contributed by atoms with Crippen LogP contribution in [-0.4, -0.2) is 41.4 Å². The molecule has 0 fully saturated rings. The van der Waals surface area contributed by atoms with Crippen molar-refractivity contribution in [3.63, 3.8) is 0 Å². The highest BCUT2D eigenvalue weighted by atomic mass is 32.1. The monoisotopic (exact) mass is 388 g/mol. The Kier molecular flexibility index (Phi) is 5.51. The van der Waals surface area contributed by atoms with E-state index in [4.69, 9.17) is 0 Å². The number of aromatic nitrogens is 2. The van der Waals surface area contributed by atoms with Gasteiger partial charge in [0, 0.05) is 12.7 Å². The molecule has 6 nitrogen and oxygen atoms in total. The lowest BCUT2D eigenvalue weighted by molar-refractivity contribution is -0.119. The quantitative estimate of drug-likeness (QED) is 0.678. The third kappa shape index (κ3) is 4.01. The first-order chi connectivity index (χ1) is 12.3. The number of amides is 1. The summed E-state index contributed by atoms with van der Waals surface area (Å²) in [6.07, 6.45) is 0. The number of likely N-dealkylation sites (N-methyl/N-ethyl adjacent to an activating group) is 2. The van der Waals surface area contributed by atoms with Gasteiger partial charge in [-0.3, -0.25) is 14.5 Å². The number of nitrogens with zero attached hydrogens (tertiary/aromatic N) is 3. The number of carbonyl (C=O) groups excluding carboxylic acids is 1. The maximum Gasteiger partial charge on any atom is 0.268 e. The number of H-pyrrole nitrogens is 1. The van der Waals surface area contributed by atoms with E-state index in [0.29, 0.717) is 17.1 Å². The molecule has 1 amide bonds. The zero-order valence-corrected chi connectivity index (χ0v) is 16.9. The molecule has 26 heavy (non-hydrogen) atoms. The summed E-state index contributed by atoms with van der Waals surface area (Å²) in [7, 11) is 6.22. The molecule has 0 saturated carbocycles. The fraction of sp³-hybridized carbons (Fsp3) is 0.278. The molecule has 0 aliphatic heterocycles. The lowest BCUT2D eigenvalue weighted by Gasteiger charge is -2.22. The molecule has 1 N–H and O–H groups in total. The van der Waals surface area contributed by atoms with Crippen molar-refractivity contribution in [3.05, 3.63) is 51.4 Å². The maximum absolute atomic E-state index is 12.5. The van der Waals surface area contributed by atoms with Gasteiger partial charge < -0.3 is 9.88 Å². The number of aromatic amines is 1. The molecular formula is C18H21N4O2PS. The highest BCUT2D eigenvalue weighted by Gasteiger charge is 2.15. The number of anilines is 1. The molecule has 0 saturated heterocycles. The Hall–Kier alpha value is -2.08. The summed E-state index contributed by atoms with van der Waals surface area (Å²) >= 11 is 1.40. The lowest BCUT2D eigenvalue weighted by atomic mass is 10.3. The van der Waals surface area contributed by atoms with Crippen molar-refractivity contribution in [3.8, 4) is 0 Å². The Balaban J connectivity index is 1.70. The zero-order valence-electron chi connectivity index (χ0n) is 14.9. The average Bonchev–Trinajstić information content (AvgIpc) is 2.95. The van der Waals surface area contributed by atoms with E-state index < -0.39 is 0 Å². The Morgan fingerprint density at radius 1 is 1.35 bits per heavy atom. The SMILES string of the molecule is Cc1csc2c(=O)[nH]c(CN(C)CC(=O)N(C)c3cccc(P)c3)nc12. The van der Waals surface area contributed by atoms with E-state index in [-0.39, 0.29) is 18.0 Å². The number of hydrogen-bond acceptors (Lipinski definition) is 5. The largest absolute Gasteiger partial charge is 0.314 e. The molecule has 1 unspecified atom stereocenters.